The molecule has 1 aliphatic carbocycles. The van der Waals surface area contributed by atoms with Gasteiger partial charge >= 0.3 is 11.9 Å². The van der Waals surface area contributed by atoms with Gasteiger partial charge in [0.2, 0.25) is 23.1 Å². The van der Waals surface area contributed by atoms with Crippen LogP contribution in [0.5, 0.6) is 34.5 Å². The van der Waals surface area contributed by atoms with Crippen molar-refractivity contribution < 1.29 is 67.3 Å². The van der Waals surface area contributed by atoms with Gasteiger partial charge in [-0.25, -0.2) is 0 Å². The highest BCUT2D eigenvalue weighted by molar-refractivity contribution is 6.24. The fraction of sp³-hybridized carbons (Fsp3) is 0.375. The number of hydrogen-bond donors (Lipinski definition) is 2. The molecule has 14 heteroatoms. The van der Waals surface area contributed by atoms with Crippen molar-refractivity contribution >= 4 is 23.5 Å². The second-order valence-corrected chi connectivity index (χ2v) is 9.77. The van der Waals surface area contributed by atoms with Crippen molar-refractivity contribution in [3.8, 4) is 34.5 Å². The van der Waals surface area contributed by atoms with Crippen LogP contribution in [0, 0.1) is 0 Å². The number of hydrogen-bond acceptors (Lipinski definition) is 14. The zero-order valence-corrected chi connectivity index (χ0v) is 26.7. The van der Waals surface area contributed by atoms with Crippen LogP contribution in [0.4, 0.5) is 0 Å². The van der Waals surface area contributed by atoms with Gasteiger partial charge in [0, 0.05) is 11.8 Å². The van der Waals surface area contributed by atoms with E-state index in [2.05, 4.69) is 0 Å². The van der Waals surface area contributed by atoms with E-state index in [4.69, 9.17) is 37.9 Å². The van der Waals surface area contributed by atoms with Crippen molar-refractivity contribution in [3.05, 3.63) is 58.1 Å². The van der Waals surface area contributed by atoms with E-state index in [1.807, 2.05) is 0 Å². The summed E-state index contributed by atoms with van der Waals surface area (Å²) < 4.78 is 42.0. The van der Waals surface area contributed by atoms with Crippen molar-refractivity contribution in [3.63, 3.8) is 0 Å². The van der Waals surface area contributed by atoms with E-state index < -0.39 is 70.8 Å². The Labute approximate surface area is 265 Å². The number of ether oxygens (including phenoxy) is 8. The number of carbonyl (C=O) groups is 4. The third kappa shape index (κ3) is 6.65. The standard InChI is InChI=1S/C32H36O14/c1-39-19-9-15(10-20(40-2)31(19)45-7)17(13-23(33)43-5)25-27(35)29(37)26(30(38)28(25)36)18(14-24(34)44-6)16-11-21(41-3)32(46-8)22(12-16)42-4/h9-12,17-18,35,38H,13-14H2,1-8H3/t17-,18+. The lowest BCUT2D eigenvalue weighted by molar-refractivity contribution is -0.142. The number of methoxy groups -OCH3 is 8. The predicted octanol–water partition coefficient (Wildman–Crippen LogP) is 3.51. The number of aliphatic hydroxyl groups is 2. The molecule has 0 heterocycles. The largest absolute Gasteiger partial charge is 0.504 e. The van der Waals surface area contributed by atoms with Crippen LogP contribution in [0.15, 0.2) is 46.9 Å². The van der Waals surface area contributed by atoms with Crippen molar-refractivity contribution in [1.29, 1.82) is 0 Å². The van der Waals surface area contributed by atoms with Crippen LogP contribution in [-0.2, 0) is 28.7 Å². The van der Waals surface area contributed by atoms with Gasteiger partial charge in [-0.3, -0.25) is 19.2 Å². The van der Waals surface area contributed by atoms with Crippen LogP contribution in [0.1, 0.15) is 35.8 Å². The van der Waals surface area contributed by atoms with Gasteiger partial charge in [-0.05, 0) is 35.4 Å². The van der Waals surface area contributed by atoms with E-state index >= 15 is 0 Å². The minimum atomic E-state index is -1.33. The van der Waals surface area contributed by atoms with E-state index in [0.717, 1.165) is 14.2 Å². The van der Waals surface area contributed by atoms with Crippen molar-refractivity contribution in [2.75, 3.05) is 56.9 Å². The highest BCUT2D eigenvalue weighted by atomic mass is 16.5. The molecular formula is C32H36O14. The predicted molar refractivity (Wildman–Crippen MR) is 160 cm³/mol. The summed E-state index contributed by atoms with van der Waals surface area (Å²) in [6, 6.07) is 5.72. The Morgan fingerprint density at radius 3 is 1.04 bits per heavy atom. The molecule has 0 aromatic heterocycles. The lowest BCUT2D eigenvalue weighted by Gasteiger charge is -2.28. The number of aliphatic hydroxyl groups excluding tert-OH is 2. The molecule has 14 nitrogen and oxygen atoms in total. The van der Waals surface area contributed by atoms with Gasteiger partial charge in [-0.15, -0.1) is 0 Å². The minimum Gasteiger partial charge on any atom is -0.504 e. The van der Waals surface area contributed by atoms with Crippen LogP contribution < -0.4 is 28.4 Å². The summed E-state index contributed by atoms with van der Waals surface area (Å²) in [6.45, 7) is 0. The summed E-state index contributed by atoms with van der Waals surface area (Å²) in [5.74, 6) is -7.67. The maximum Gasteiger partial charge on any atom is 0.306 e. The smallest absolute Gasteiger partial charge is 0.306 e. The monoisotopic (exact) mass is 644 g/mol. The average molecular weight is 645 g/mol. The summed E-state index contributed by atoms with van der Waals surface area (Å²) >= 11 is 0. The van der Waals surface area contributed by atoms with Crippen molar-refractivity contribution in [1.82, 2.24) is 0 Å². The number of esters is 2. The number of ketones is 2. The second-order valence-electron chi connectivity index (χ2n) is 9.77. The molecule has 0 aliphatic heterocycles. The number of carbonyl (C=O) groups excluding carboxylic acids is 4. The maximum absolute atomic E-state index is 13.9. The Bertz CT molecular complexity index is 1420. The molecule has 1 aliphatic rings. The molecule has 2 N–H and O–H groups in total. The van der Waals surface area contributed by atoms with Gasteiger partial charge in [0.1, 0.15) is 0 Å². The van der Waals surface area contributed by atoms with Gasteiger partial charge < -0.3 is 48.1 Å². The summed E-state index contributed by atoms with van der Waals surface area (Å²) in [5, 5.41) is 22.8. The Hall–Kier alpha value is -5.40. The Balaban J connectivity index is 2.29. The Kier molecular flexibility index (Phi) is 11.5. The summed E-state index contributed by atoms with van der Waals surface area (Å²) in [6.07, 6.45) is -1.07. The molecular weight excluding hydrogens is 608 g/mol. The van der Waals surface area contributed by atoms with E-state index in [9.17, 15) is 29.4 Å². The van der Waals surface area contributed by atoms with E-state index in [1.54, 1.807) is 0 Å². The van der Waals surface area contributed by atoms with Crippen LogP contribution in [-0.4, -0.2) is 90.6 Å². The number of allylic oxidation sites excluding steroid dienone is 2. The third-order valence-electron chi connectivity index (χ3n) is 7.50. The molecule has 46 heavy (non-hydrogen) atoms. The summed E-state index contributed by atoms with van der Waals surface area (Å²) in [4.78, 5) is 53.0. The summed E-state index contributed by atoms with van der Waals surface area (Å²) in [5.41, 5.74) is -0.801. The van der Waals surface area contributed by atoms with E-state index in [0.29, 0.717) is 0 Å². The molecule has 0 amide bonds. The van der Waals surface area contributed by atoms with Crippen LogP contribution in [0.25, 0.3) is 0 Å². The Morgan fingerprint density at radius 1 is 0.543 bits per heavy atom. The second kappa shape index (κ2) is 15.1. The molecule has 2 atom stereocenters. The number of benzene rings is 2. The molecule has 2 aromatic rings. The van der Waals surface area contributed by atoms with Crippen molar-refractivity contribution in [2.45, 2.75) is 24.7 Å². The molecule has 0 bridgehead atoms. The first-order valence-corrected chi connectivity index (χ1v) is 13.7. The topological polar surface area (TPSA) is 183 Å². The van der Waals surface area contributed by atoms with E-state index in [1.165, 1.54) is 66.9 Å². The lowest BCUT2D eigenvalue weighted by atomic mass is 9.75. The molecule has 0 saturated heterocycles. The summed E-state index contributed by atoms with van der Waals surface area (Å²) in [7, 11) is 10.4. The number of rotatable bonds is 14. The zero-order chi connectivity index (χ0) is 34.3. The van der Waals surface area contributed by atoms with Crippen molar-refractivity contribution in [2.24, 2.45) is 0 Å². The quantitative estimate of drug-likeness (QED) is 0.225. The molecule has 2 aromatic carbocycles. The highest BCUT2D eigenvalue weighted by Gasteiger charge is 2.44. The normalized spacial score (nSPS) is 14.3. The first kappa shape index (κ1) is 35.1. The highest BCUT2D eigenvalue weighted by Crippen LogP contribution is 2.47. The Morgan fingerprint density at radius 2 is 0.826 bits per heavy atom. The number of Topliss-reactive ketones (excluding diaryl/α,β-unsaturated/α-hetero) is 2. The molecule has 0 saturated carbocycles. The third-order valence-corrected chi connectivity index (χ3v) is 7.50. The average Bonchev–Trinajstić information content (AvgIpc) is 3.08. The van der Waals surface area contributed by atoms with Crippen LogP contribution in [0.2, 0.25) is 0 Å². The lowest BCUT2D eigenvalue weighted by Crippen LogP contribution is -2.31. The molecule has 0 unspecified atom stereocenters. The molecule has 248 valence electrons. The van der Waals surface area contributed by atoms with Gasteiger partial charge in [-0.1, -0.05) is 0 Å². The van der Waals surface area contributed by atoms with Crippen LogP contribution in [0.3, 0.4) is 0 Å². The van der Waals surface area contributed by atoms with Gasteiger partial charge in [0.25, 0.3) is 0 Å². The van der Waals surface area contributed by atoms with Gasteiger partial charge in [0.05, 0.1) is 80.9 Å². The maximum atomic E-state index is 13.9. The molecule has 3 rings (SSSR count). The van der Waals surface area contributed by atoms with Gasteiger partial charge in [-0.2, -0.15) is 0 Å². The molecule has 0 fully saturated rings. The first-order valence-electron chi connectivity index (χ1n) is 13.7. The zero-order valence-electron chi connectivity index (χ0n) is 26.7. The van der Waals surface area contributed by atoms with Crippen LogP contribution >= 0.6 is 0 Å². The molecule has 0 spiro atoms. The first-order chi connectivity index (χ1) is 22.0. The molecule has 0 radical (unpaired) electrons. The fourth-order valence-electron chi connectivity index (χ4n) is 5.24. The fourth-order valence-corrected chi connectivity index (χ4v) is 5.24. The van der Waals surface area contributed by atoms with E-state index in [-0.39, 0.29) is 45.6 Å². The SMILES string of the molecule is COC(=O)C[C@H](C1=C(O)C(=O)C([C@H](CC(=O)OC)c2cc(OC)c(OC)c(OC)c2)=C(O)C1=O)c1cc(OC)c(OC)c(OC)c1. The van der Waals surface area contributed by atoms with Gasteiger partial charge in [0.15, 0.2) is 34.5 Å². The minimum absolute atomic E-state index is 0.155.